The summed E-state index contributed by atoms with van der Waals surface area (Å²) in [6.45, 7) is 0. The zero-order valence-corrected chi connectivity index (χ0v) is 15.7. The van der Waals surface area contributed by atoms with Gasteiger partial charge in [-0.1, -0.05) is 25.0 Å². The first-order chi connectivity index (χ1) is 13.4. The molecule has 10 nitrogen and oxygen atoms in total. The van der Waals surface area contributed by atoms with Gasteiger partial charge >= 0.3 is 5.97 Å². The smallest absolute Gasteiger partial charge is 0.328 e. The number of nitro benzene ring substituents is 1. The lowest BCUT2D eigenvalue weighted by atomic mass is 10.0. The Hall–Kier alpha value is -3.01. The molecule has 0 heterocycles. The molecule has 0 unspecified atom stereocenters. The van der Waals surface area contributed by atoms with E-state index in [0.717, 1.165) is 12.8 Å². The van der Waals surface area contributed by atoms with Crippen molar-refractivity contribution in [3.05, 3.63) is 39.9 Å². The Balaban J connectivity index is 2.45. The van der Waals surface area contributed by atoms with Gasteiger partial charge in [0.05, 0.1) is 12.0 Å². The summed E-state index contributed by atoms with van der Waals surface area (Å²) in [6, 6.07) is 4.85. The van der Waals surface area contributed by atoms with Crippen LogP contribution in [0.15, 0.2) is 24.3 Å². The van der Waals surface area contributed by atoms with Crippen LogP contribution in [0.3, 0.4) is 0 Å². The molecule has 0 aromatic heterocycles. The number of rotatable bonds is 12. The third-order valence-corrected chi connectivity index (χ3v) is 4.09. The number of hydrogen-bond acceptors (Lipinski definition) is 7. The summed E-state index contributed by atoms with van der Waals surface area (Å²) in [5, 5.41) is 21.7. The van der Waals surface area contributed by atoms with E-state index < -0.39 is 22.8 Å². The van der Waals surface area contributed by atoms with Gasteiger partial charge in [0.15, 0.2) is 0 Å². The number of ether oxygens (including phenoxy) is 1. The predicted molar refractivity (Wildman–Crippen MR) is 98.4 cm³/mol. The van der Waals surface area contributed by atoms with Gasteiger partial charge in [0.25, 0.3) is 5.69 Å². The Bertz CT molecular complexity index is 676. The van der Waals surface area contributed by atoms with Crippen molar-refractivity contribution in [3.63, 3.8) is 0 Å². The van der Waals surface area contributed by atoms with E-state index in [1.807, 2.05) is 0 Å². The van der Waals surface area contributed by atoms with E-state index in [9.17, 15) is 24.5 Å². The van der Waals surface area contributed by atoms with Gasteiger partial charge in [-0.2, -0.15) is 0 Å². The first-order valence-electron chi connectivity index (χ1n) is 8.90. The second kappa shape index (κ2) is 12.4. The lowest BCUT2D eigenvalue weighted by Crippen LogP contribution is -2.43. The summed E-state index contributed by atoms with van der Waals surface area (Å²) in [5.41, 5.74) is 2.16. The first kappa shape index (κ1) is 23.0. The molecule has 0 aliphatic rings. The topological polar surface area (TPSA) is 148 Å². The Morgan fingerprint density at radius 2 is 1.64 bits per heavy atom. The van der Waals surface area contributed by atoms with Crippen LogP contribution in [-0.4, -0.2) is 41.1 Å². The summed E-state index contributed by atoms with van der Waals surface area (Å²) >= 11 is 0. The number of benzene rings is 1. The largest absolute Gasteiger partial charge is 0.467 e. The fraction of sp³-hybridized carbons (Fsp3) is 0.500. The van der Waals surface area contributed by atoms with E-state index in [-0.39, 0.29) is 30.9 Å². The Kier molecular flexibility index (Phi) is 10.2. The van der Waals surface area contributed by atoms with Crippen LogP contribution in [0.4, 0.5) is 5.69 Å². The molecule has 28 heavy (non-hydrogen) atoms. The van der Waals surface area contributed by atoms with E-state index in [2.05, 4.69) is 5.32 Å². The van der Waals surface area contributed by atoms with E-state index in [4.69, 9.17) is 9.94 Å². The first-order valence-corrected chi connectivity index (χ1v) is 8.90. The number of carbonyl (C=O) groups excluding carboxylic acids is 3. The number of hydrogen-bond donors (Lipinski definition) is 3. The predicted octanol–water partition coefficient (Wildman–Crippen LogP) is 1.64. The second-order valence-corrected chi connectivity index (χ2v) is 6.22. The van der Waals surface area contributed by atoms with Crippen molar-refractivity contribution in [1.29, 1.82) is 0 Å². The molecule has 1 rings (SSSR count). The molecule has 0 saturated carbocycles. The Labute approximate surface area is 162 Å². The molecule has 0 aliphatic heterocycles. The fourth-order valence-corrected chi connectivity index (χ4v) is 2.57. The summed E-state index contributed by atoms with van der Waals surface area (Å²) in [7, 11) is 1.22. The number of carbonyl (C=O) groups is 3. The maximum absolute atomic E-state index is 12.1. The standard InChI is InChI=1S/C18H25N3O7/c1-28-18(24)15(12-13-8-10-14(11-9-13)21(26)27)19-16(22)6-4-2-3-5-7-17(23)20-25/h8-11,15,25H,2-7,12H2,1H3,(H,19,22)(H,20,23)/t15-/m0/s1. The SMILES string of the molecule is COC(=O)[C@H](Cc1ccc([N+](=O)[O-])cc1)NC(=O)CCCCCCC(=O)NO. The minimum atomic E-state index is -0.882. The molecule has 0 radical (unpaired) electrons. The monoisotopic (exact) mass is 395 g/mol. The number of nitro groups is 1. The number of amides is 2. The van der Waals surface area contributed by atoms with Crippen molar-refractivity contribution in [2.75, 3.05) is 7.11 Å². The van der Waals surface area contributed by atoms with Crippen LogP contribution in [0, 0.1) is 10.1 Å². The molecular weight excluding hydrogens is 370 g/mol. The molecule has 1 aromatic rings. The van der Waals surface area contributed by atoms with Gasteiger partial charge in [0.2, 0.25) is 11.8 Å². The lowest BCUT2D eigenvalue weighted by molar-refractivity contribution is -0.384. The normalized spacial score (nSPS) is 11.4. The minimum Gasteiger partial charge on any atom is -0.467 e. The van der Waals surface area contributed by atoms with Gasteiger partial charge < -0.3 is 10.1 Å². The van der Waals surface area contributed by atoms with Gasteiger partial charge in [-0.25, -0.2) is 10.3 Å². The molecule has 0 fully saturated rings. The van der Waals surface area contributed by atoms with Gasteiger partial charge in [0, 0.05) is 31.4 Å². The molecule has 3 N–H and O–H groups in total. The number of non-ortho nitro benzene ring substituents is 1. The average molecular weight is 395 g/mol. The molecule has 0 spiro atoms. The van der Waals surface area contributed by atoms with Gasteiger partial charge in [0.1, 0.15) is 6.04 Å². The number of nitrogens with zero attached hydrogens (tertiary/aromatic N) is 1. The van der Waals surface area contributed by atoms with Gasteiger partial charge in [-0.3, -0.25) is 24.9 Å². The molecule has 1 atom stereocenters. The maximum Gasteiger partial charge on any atom is 0.328 e. The molecule has 0 aliphatic carbocycles. The minimum absolute atomic E-state index is 0.0566. The van der Waals surface area contributed by atoms with Crippen LogP contribution in [-0.2, 0) is 25.5 Å². The molecular formula is C18H25N3O7. The third kappa shape index (κ3) is 8.58. The van der Waals surface area contributed by atoms with E-state index in [0.29, 0.717) is 18.4 Å². The zero-order valence-electron chi connectivity index (χ0n) is 15.7. The molecule has 1 aromatic carbocycles. The highest BCUT2D eigenvalue weighted by molar-refractivity contribution is 5.84. The fourth-order valence-electron chi connectivity index (χ4n) is 2.57. The Morgan fingerprint density at radius 3 is 2.14 bits per heavy atom. The number of hydroxylamine groups is 1. The number of methoxy groups -OCH3 is 1. The van der Waals surface area contributed by atoms with Crippen LogP contribution in [0.25, 0.3) is 0 Å². The highest BCUT2D eigenvalue weighted by Crippen LogP contribution is 2.14. The summed E-state index contributed by atoms with van der Waals surface area (Å²) in [5.74, 6) is -1.34. The van der Waals surface area contributed by atoms with Crippen LogP contribution in [0.5, 0.6) is 0 Å². The molecule has 154 valence electrons. The lowest BCUT2D eigenvalue weighted by Gasteiger charge is -2.16. The molecule has 10 heteroatoms. The summed E-state index contributed by atoms with van der Waals surface area (Å²) in [4.78, 5) is 45.1. The van der Waals surface area contributed by atoms with Crippen LogP contribution >= 0.6 is 0 Å². The quantitative estimate of drug-likeness (QED) is 0.160. The van der Waals surface area contributed by atoms with Crippen LogP contribution in [0.2, 0.25) is 0 Å². The Morgan fingerprint density at radius 1 is 1.07 bits per heavy atom. The second-order valence-electron chi connectivity index (χ2n) is 6.22. The average Bonchev–Trinajstić information content (AvgIpc) is 2.69. The van der Waals surface area contributed by atoms with Crippen LogP contribution < -0.4 is 10.8 Å². The van der Waals surface area contributed by atoms with Crippen molar-refractivity contribution < 1.29 is 29.3 Å². The van der Waals surface area contributed by atoms with Crippen molar-refractivity contribution in [1.82, 2.24) is 10.8 Å². The van der Waals surface area contributed by atoms with Gasteiger partial charge in [-0.15, -0.1) is 0 Å². The highest BCUT2D eigenvalue weighted by atomic mass is 16.6. The van der Waals surface area contributed by atoms with Crippen molar-refractivity contribution in [2.24, 2.45) is 0 Å². The van der Waals surface area contributed by atoms with E-state index in [1.54, 1.807) is 5.48 Å². The summed E-state index contributed by atoms with van der Waals surface area (Å²) in [6.07, 6.45) is 3.28. The van der Waals surface area contributed by atoms with E-state index in [1.165, 1.54) is 31.4 Å². The number of unbranched alkanes of at least 4 members (excludes halogenated alkanes) is 3. The third-order valence-electron chi connectivity index (χ3n) is 4.09. The van der Waals surface area contributed by atoms with Crippen molar-refractivity contribution in [2.45, 2.75) is 51.0 Å². The number of esters is 1. The molecule has 0 bridgehead atoms. The van der Waals surface area contributed by atoms with E-state index >= 15 is 0 Å². The summed E-state index contributed by atoms with van der Waals surface area (Å²) < 4.78 is 4.72. The van der Waals surface area contributed by atoms with Crippen molar-refractivity contribution in [3.8, 4) is 0 Å². The highest BCUT2D eigenvalue weighted by Gasteiger charge is 2.22. The molecule has 0 saturated heterocycles. The number of nitrogens with one attached hydrogen (secondary N) is 2. The van der Waals surface area contributed by atoms with Crippen molar-refractivity contribution >= 4 is 23.5 Å². The molecule has 2 amide bonds. The van der Waals surface area contributed by atoms with Gasteiger partial charge in [-0.05, 0) is 18.4 Å². The maximum atomic E-state index is 12.1. The van der Waals surface area contributed by atoms with Crippen LogP contribution in [0.1, 0.15) is 44.1 Å². The zero-order chi connectivity index (χ0) is 20.9.